The minimum atomic E-state index is -0.105. The predicted molar refractivity (Wildman–Crippen MR) is 114 cm³/mol. The number of aliphatic hydroxyl groups excluding tert-OH is 1. The molecule has 0 aliphatic heterocycles. The van der Waals surface area contributed by atoms with Gasteiger partial charge in [-0.3, -0.25) is 4.79 Å². The van der Waals surface area contributed by atoms with Gasteiger partial charge in [0.15, 0.2) is 11.5 Å². The van der Waals surface area contributed by atoms with Crippen LogP contribution < -0.4 is 4.74 Å². The Kier molecular flexibility index (Phi) is 5.28. The maximum atomic E-state index is 12.9. The molecule has 1 N–H and O–H groups in total. The monoisotopic (exact) mass is 438 g/mol. The van der Waals surface area contributed by atoms with E-state index < -0.39 is 0 Å². The number of rotatable bonds is 7. The molecule has 1 heterocycles. The summed E-state index contributed by atoms with van der Waals surface area (Å²) in [6, 6.07) is 3.57. The van der Waals surface area contributed by atoms with Crippen molar-refractivity contribution in [3.05, 3.63) is 48.6 Å². The second kappa shape index (κ2) is 7.32. The van der Waals surface area contributed by atoms with Crippen LogP contribution in [0.1, 0.15) is 57.4 Å². The highest BCUT2D eigenvalue weighted by Gasteiger charge is 2.63. The van der Waals surface area contributed by atoms with Crippen molar-refractivity contribution in [2.24, 2.45) is 11.3 Å². The molecule has 0 amide bonds. The molecule has 0 radical (unpaired) electrons. The summed E-state index contributed by atoms with van der Waals surface area (Å²) in [5, 5.41) is 9.69. The van der Waals surface area contributed by atoms with E-state index in [1.807, 2.05) is 0 Å². The number of aliphatic hydroxyl groups is 1. The molecule has 28 heavy (non-hydrogen) atoms. The molecule has 1 saturated carbocycles. The van der Waals surface area contributed by atoms with Gasteiger partial charge < -0.3 is 9.84 Å². The smallest absolute Gasteiger partial charge is 0.173 e. The second-order valence-electron chi connectivity index (χ2n) is 8.37. The Hall–Kier alpha value is -1.07. The molecule has 2 aromatic rings. The van der Waals surface area contributed by atoms with Crippen LogP contribution in [0, 0.1) is 18.3 Å². The van der Waals surface area contributed by atoms with E-state index in [1.54, 1.807) is 23.5 Å². The number of halogens is 2. The first-order valence-corrected chi connectivity index (χ1v) is 11.2. The van der Waals surface area contributed by atoms with Gasteiger partial charge in [-0.15, -0.1) is 11.3 Å². The third kappa shape index (κ3) is 3.28. The van der Waals surface area contributed by atoms with Crippen LogP contribution >= 0.6 is 34.5 Å². The normalized spacial score (nSPS) is 21.4. The van der Waals surface area contributed by atoms with Crippen LogP contribution in [-0.4, -0.2) is 24.1 Å². The van der Waals surface area contributed by atoms with Gasteiger partial charge in [0.1, 0.15) is 6.61 Å². The van der Waals surface area contributed by atoms with E-state index in [1.165, 1.54) is 16.0 Å². The average molecular weight is 439 g/mol. The van der Waals surface area contributed by atoms with E-state index in [0.717, 1.165) is 16.9 Å². The maximum Gasteiger partial charge on any atom is 0.173 e. The first-order chi connectivity index (χ1) is 13.3. The van der Waals surface area contributed by atoms with Gasteiger partial charge in [-0.1, -0.05) is 37.0 Å². The number of hydrogen-bond acceptors (Lipinski definition) is 4. The summed E-state index contributed by atoms with van der Waals surface area (Å²) >= 11 is 14.2. The third-order valence-electron chi connectivity index (χ3n) is 6.31. The molecule has 4 rings (SSSR count). The van der Waals surface area contributed by atoms with Crippen LogP contribution in [0.5, 0.6) is 5.75 Å². The molecule has 1 aromatic carbocycles. The Labute approximate surface area is 179 Å². The lowest BCUT2D eigenvalue weighted by Crippen LogP contribution is -2.06. The molecule has 0 unspecified atom stereocenters. The number of ether oxygens (including phenoxy) is 1. The zero-order chi connectivity index (χ0) is 20.2. The van der Waals surface area contributed by atoms with Crippen molar-refractivity contribution < 1.29 is 14.6 Å². The van der Waals surface area contributed by atoms with E-state index >= 15 is 0 Å². The zero-order valence-electron chi connectivity index (χ0n) is 16.3. The van der Waals surface area contributed by atoms with Gasteiger partial charge in [0, 0.05) is 11.3 Å². The number of carbonyl (C=O) groups is 1. The number of Topliss-reactive ketones (excluding diaryl/α,β-unsaturated/α-hetero) is 1. The molecule has 2 aliphatic rings. The number of hydrogen-bond donors (Lipinski definition) is 1. The molecule has 0 spiro atoms. The lowest BCUT2D eigenvalue weighted by molar-refractivity contribution is 0.0985. The van der Waals surface area contributed by atoms with Gasteiger partial charge in [0.2, 0.25) is 0 Å². The molecule has 3 nitrogen and oxygen atoms in total. The number of benzene rings is 1. The summed E-state index contributed by atoms with van der Waals surface area (Å²) in [6.07, 6.45) is 2.07. The SMILES string of the molecule is Cc1sc(C(=O)CCc2cc(Cl)c(OCCO)c(Cl)c2)c2c1[C@H]1[C@@H](C2)C1(C)C. The van der Waals surface area contributed by atoms with Crippen LogP contribution in [0.3, 0.4) is 0 Å². The fourth-order valence-electron chi connectivity index (χ4n) is 4.77. The highest BCUT2D eigenvalue weighted by Crippen LogP contribution is 2.71. The Morgan fingerprint density at radius 2 is 2.00 bits per heavy atom. The summed E-state index contributed by atoms with van der Waals surface area (Å²) in [7, 11) is 0. The minimum absolute atomic E-state index is 0.105. The van der Waals surface area contributed by atoms with Crippen molar-refractivity contribution in [2.45, 2.75) is 46.0 Å². The predicted octanol–water partition coefficient (Wildman–Crippen LogP) is 5.85. The van der Waals surface area contributed by atoms with Gasteiger partial charge >= 0.3 is 0 Å². The maximum absolute atomic E-state index is 12.9. The number of fused-ring (bicyclic) bond motifs is 3. The molecule has 1 aromatic heterocycles. The van der Waals surface area contributed by atoms with Gasteiger partial charge in [0.25, 0.3) is 0 Å². The molecular weight excluding hydrogens is 415 g/mol. The fraction of sp³-hybridized carbons (Fsp3) is 0.500. The van der Waals surface area contributed by atoms with Crippen LogP contribution in [-0.2, 0) is 12.8 Å². The van der Waals surface area contributed by atoms with Crippen LogP contribution in [0.15, 0.2) is 12.1 Å². The van der Waals surface area contributed by atoms with Crippen LogP contribution in [0.25, 0.3) is 0 Å². The summed E-state index contributed by atoms with van der Waals surface area (Å²) in [4.78, 5) is 15.2. The minimum Gasteiger partial charge on any atom is -0.488 e. The Balaban J connectivity index is 1.47. The summed E-state index contributed by atoms with van der Waals surface area (Å²) in [6.45, 7) is 6.86. The van der Waals surface area contributed by atoms with E-state index in [-0.39, 0.29) is 19.0 Å². The highest BCUT2D eigenvalue weighted by molar-refractivity contribution is 7.14. The second-order valence-corrected chi connectivity index (χ2v) is 10.4. The lowest BCUT2D eigenvalue weighted by atomic mass is 9.94. The average Bonchev–Trinajstić information content (AvgIpc) is 2.96. The van der Waals surface area contributed by atoms with Crippen molar-refractivity contribution in [1.29, 1.82) is 0 Å². The van der Waals surface area contributed by atoms with E-state index in [4.69, 9.17) is 33.0 Å². The number of thiophene rings is 1. The molecule has 0 bridgehead atoms. The van der Waals surface area contributed by atoms with Crippen LogP contribution in [0.4, 0.5) is 0 Å². The highest BCUT2D eigenvalue weighted by atomic mass is 35.5. The number of ketones is 1. The summed E-state index contributed by atoms with van der Waals surface area (Å²) < 4.78 is 5.37. The van der Waals surface area contributed by atoms with E-state index in [9.17, 15) is 4.79 Å². The largest absolute Gasteiger partial charge is 0.488 e. The van der Waals surface area contributed by atoms with E-state index in [0.29, 0.717) is 45.9 Å². The lowest BCUT2D eigenvalue weighted by Gasteiger charge is -2.11. The van der Waals surface area contributed by atoms with Crippen molar-refractivity contribution in [1.82, 2.24) is 0 Å². The number of aryl methyl sites for hydroxylation is 2. The van der Waals surface area contributed by atoms with E-state index in [2.05, 4.69) is 20.8 Å². The molecule has 2 aliphatic carbocycles. The quantitative estimate of drug-likeness (QED) is 0.551. The molecule has 6 heteroatoms. The van der Waals surface area contributed by atoms with Crippen molar-refractivity contribution in [3.63, 3.8) is 0 Å². The van der Waals surface area contributed by atoms with Gasteiger partial charge in [-0.05, 0) is 65.8 Å². The number of carbonyl (C=O) groups excluding carboxylic acids is 1. The molecular formula is C22H24Cl2O3S. The molecule has 1 fully saturated rings. The summed E-state index contributed by atoms with van der Waals surface area (Å²) in [5.41, 5.74) is 4.08. The molecule has 150 valence electrons. The first-order valence-electron chi connectivity index (χ1n) is 9.62. The van der Waals surface area contributed by atoms with Crippen molar-refractivity contribution >= 4 is 40.3 Å². The Morgan fingerprint density at radius 3 is 2.64 bits per heavy atom. The standard InChI is InChI=1S/C22H24Cl2O3S/c1-11-18-13(10-14-19(18)22(14,2)3)21(28-11)17(26)5-4-12-8-15(23)20(16(24)9-12)27-7-6-25/h8-9,14,19,25H,4-7,10H2,1-3H3/t14-,19-/m1/s1. The van der Waals surface area contributed by atoms with Crippen molar-refractivity contribution in [2.75, 3.05) is 13.2 Å². The van der Waals surface area contributed by atoms with Crippen molar-refractivity contribution in [3.8, 4) is 5.75 Å². The Bertz CT molecular complexity index is 924. The van der Waals surface area contributed by atoms with Gasteiger partial charge in [-0.25, -0.2) is 0 Å². The molecule has 0 saturated heterocycles. The zero-order valence-corrected chi connectivity index (χ0v) is 18.6. The fourth-order valence-corrected chi connectivity index (χ4v) is 6.61. The first kappa shape index (κ1) is 20.2. The van der Waals surface area contributed by atoms with Gasteiger partial charge in [0.05, 0.1) is 21.5 Å². The summed E-state index contributed by atoms with van der Waals surface area (Å²) in [5.74, 6) is 1.94. The Morgan fingerprint density at radius 1 is 1.32 bits per heavy atom. The molecule has 2 atom stereocenters. The van der Waals surface area contributed by atoms with Crippen LogP contribution in [0.2, 0.25) is 10.0 Å². The van der Waals surface area contributed by atoms with Gasteiger partial charge in [-0.2, -0.15) is 0 Å². The third-order valence-corrected chi connectivity index (χ3v) is 8.07. The topological polar surface area (TPSA) is 46.5 Å².